The van der Waals surface area contributed by atoms with Crippen LogP contribution in [0.15, 0.2) is 6.20 Å². The predicted molar refractivity (Wildman–Crippen MR) is 48.9 cm³/mol. The van der Waals surface area contributed by atoms with Crippen LogP contribution in [0, 0.1) is 18.3 Å². The van der Waals surface area contributed by atoms with Crippen molar-refractivity contribution in [1.29, 1.82) is 0 Å². The SMILES string of the molecule is C#Cc1cnc([C@@H]2CC3C[C@H]3N2)[nH]1. The van der Waals surface area contributed by atoms with Crippen LogP contribution in [0.5, 0.6) is 0 Å². The van der Waals surface area contributed by atoms with Crippen LogP contribution in [0.1, 0.15) is 30.4 Å². The summed E-state index contributed by atoms with van der Waals surface area (Å²) < 4.78 is 0. The van der Waals surface area contributed by atoms with E-state index in [1.807, 2.05) is 0 Å². The van der Waals surface area contributed by atoms with Crippen LogP contribution in [0.2, 0.25) is 0 Å². The van der Waals surface area contributed by atoms with Crippen LogP contribution in [0.4, 0.5) is 0 Å². The topological polar surface area (TPSA) is 40.7 Å². The van der Waals surface area contributed by atoms with Crippen molar-refractivity contribution in [3.63, 3.8) is 0 Å². The van der Waals surface area contributed by atoms with Gasteiger partial charge in [0.25, 0.3) is 0 Å². The van der Waals surface area contributed by atoms with Gasteiger partial charge in [-0.1, -0.05) is 5.92 Å². The Morgan fingerprint density at radius 3 is 3.08 bits per heavy atom. The molecule has 1 aliphatic carbocycles. The van der Waals surface area contributed by atoms with E-state index in [4.69, 9.17) is 6.42 Å². The number of H-pyrrole nitrogens is 1. The van der Waals surface area contributed by atoms with Gasteiger partial charge in [-0.25, -0.2) is 4.98 Å². The lowest BCUT2D eigenvalue weighted by Crippen LogP contribution is -2.18. The van der Waals surface area contributed by atoms with E-state index < -0.39 is 0 Å². The summed E-state index contributed by atoms with van der Waals surface area (Å²) in [6.07, 6.45) is 9.54. The predicted octanol–water partition coefficient (Wildman–Crippen LogP) is 0.814. The van der Waals surface area contributed by atoms with Crippen LogP contribution in [0.3, 0.4) is 0 Å². The van der Waals surface area contributed by atoms with Crippen molar-refractivity contribution in [3.8, 4) is 12.3 Å². The number of terminal acetylenes is 1. The monoisotopic (exact) mass is 173 g/mol. The average Bonchev–Trinajstić information content (AvgIpc) is 2.67. The zero-order chi connectivity index (χ0) is 8.84. The molecule has 66 valence electrons. The van der Waals surface area contributed by atoms with Crippen molar-refractivity contribution in [2.75, 3.05) is 0 Å². The summed E-state index contributed by atoms with van der Waals surface area (Å²) in [5.41, 5.74) is 0.775. The number of rotatable bonds is 1. The molecule has 0 spiro atoms. The molecule has 2 fully saturated rings. The molecular weight excluding hydrogens is 162 g/mol. The normalized spacial score (nSPS) is 35.5. The number of imidazole rings is 1. The summed E-state index contributed by atoms with van der Waals surface area (Å²) in [6.45, 7) is 0. The first-order valence-corrected chi connectivity index (χ1v) is 4.64. The third kappa shape index (κ3) is 1.06. The van der Waals surface area contributed by atoms with Gasteiger partial charge in [0.15, 0.2) is 0 Å². The summed E-state index contributed by atoms with van der Waals surface area (Å²) in [4.78, 5) is 7.40. The Bertz CT molecular complexity index is 364. The van der Waals surface area contributed by atoms with Gasteiger partial charge in [-0.05, 0) is 18.8 Å². The molecule has 0 aromatic carbocycles. The fourth-order valence-corrected chi connectivity index (χ4v) is 2.12. The lowest BCUT2D eigenvalue weighted by Gasteiger charge is -2.08. The van der Waals surface area contributed by atoms with Crippen LogP contribution in [0.25, 0.3) is 0 Å². The second kappa shape index (κ2) is 2.36. The molecule has 1 aliphatic heterocycles. The number of nitrogens with one attached hydrogen (secondary N) is 2. The average molecular weight is 173 g/mol. The van der Waals surface area contributed by atoms with Gasteiger partial charge in [-0.15, -0.1) is 6.42 Å². The summed E-state index contributed by atoms with van der Waals surface area (Å²) in [5, 5.41) is 3.52. The molecule has 13 heavy (non-hydrogen) atoms. The second-order valence-electron chi connectivity index (χ2n) is 3.88. The molecule has 1 aromatic rings. The Morgan fingerprint density at radius 2 is 2.46 bits per heavy atom. The molecule has 3 rings (SSSR count). The molecule has 2 heterocycles. The van der Waals surface area contributed by atoms with E-state index >= 15 is 0 Å². The van der Waals surface area contributed by atoms with Crippen molar-refractivity contribution in [1.82, 2.24) is 15.3 Å². The minimum atomic E-state index is 0.408. The molecule has 3 atom stereocenters. The first-order valence-electron chi connectivity index (χ1n) is 4.64. The van der Waals surface area contributed by atoms with E-state index in [1.54, 1.807) is 6.20 Å². The van der Waals surface area contributed by atoms with Crippen molar-refractivity contribution in [2.45, 2.75) is 24.9 Å². The number of aromatic nitrogens is 2. The van der Waals surface area contributed by atoms with Crippen LogP contribution >= 0.6 is 0 Å². The standard InChI is InChI=1S/C10H11N3/c1-2-7-5-11-10(12-7)9-4-6-3-8(6)13-9/h1,5-6,8-9,13H,3-4H2,(H,11,12)/t6?,8-,9+/m1/s1. The highest BCUT2D eigenvalue weighted by Gasteiger charge is 2.46. The first-order chi connectivity index (χ1) is 6.36. The Labute approximate surface area is 77.0 Å². The Balaban J connectivity index is 1.81. The zero-order valence-corrected chi connectivity index (χ0v) is 7.25. The second-order valence-corrected chi connectivity index (χ2v) is 3.88. The highest BCUT2D eigenvalue weighted by molar-refractivity contribution is 5.24. The largest absolute Gasteiger partial charge is 0.334 e. The molecule has 1 aromatic heterocycles. The van der Waals surface area contributed by atoms with E-state index in [-0.39, 0.29) is 0 Å². The Morgan fingerprint density at radius 1 is 1.54 bits per heavy atom. The van der Waals surface area contributed by atoms with E-state index in [0.717, 1.165) is 23.5 Å². The van der Waals surface area contributed by atoms with E-state index in [9.17, 15) is 0 Å². The first kappa shape index (κ1) is 7.16. The third-order valence-corrected chi connectivity index (χ3v) is 2.96. The minimum Gasteiger partial charge on any atom is -0.334 e. The fourth-order valence-electron chi connectivity index (χ4n) is 2.12. The Kier molecular flexibility index (Phi) is 1.30. The smallest absolute Gasteiger partial charge is 0.124 e. The number of fused-ring (bicyclic) bond motifs is 1. The van der Waals surface area contributed by atoms with Gasteiger partial charge in [0.1, 0.15) is 11.5 Å². The minimum absolute atomic E-state index is 0.408. The molecule has 1 unspecified atom stereocenters. The van der Waals surface area contributed by atoms with Crippen molar-refractivity contribution >= 4 is 0 Å². The molecule has 1 saturated heterocycles. The number of nitrogens with zero attached hydrogens (tertiary/aromatic N) is 1. The molecule has 1 saturated carbocycles. The molecular formula is C10H11N3. The molecule has 0 radical (unpaired) electrons. The van der Waals surface area contributed by atoms with Gasteiger partial charge >= 0.3 is 0 Å². The highest BCUT2D eigenvalue weighted by Crippen LogP contribution is 2.45. The van der Waals surface area contributed by atoms with E-state index in [2.05, 4.69) is 21.2 Å². The fraction of sp³-hybridized carbons (Fsp3) is 0.500. The van der Waals surface area contributed by atoms with Gasteiger partial charge in [-0.2, -0.15) is 0 Å². The summed E-state index contributed by atoms with van der Waals surface area (Å²) in [6, 6.07) is 1.16. The molecule has 3 nitrogen and oxygen atoms in total. The van der Waals surface area contributed by atoms with Gasteiger partial charge < -0.3 is 10.3 Å². The van der Waals surface area contributed by atoms with Gasteiger partial charge in [0.2, 0.25) is 0 Å². The number of aromatic amines is 1. The highest BCUT2D eigenvalue weighted by atomic mass is 15.1. The number of piperidine rings is 1. The quantitative estimate of drug-likeness (QED) is 0.617. The van der Waals surface area contributed by atoms with Crippen molar-refractivity contribution < 1.29 is 0 Å². The van der Waals surface area contributed by atoms with Crippen molar-refractivity contribution in [3.05, 3.63) is 17.7 Å². The lowest BCUT2D eigenvalue weighted by atomic mass is 10.2. The molecule has 3 heteroatoms. The Hall–Kier alpha value is -1.27. The zero-order valence-electron chi connectivity index (χ0n) is 7.25. The summed E-state index contributed by atoms with van der Waals surface area (Å²) in [5.74, 6) is 4.44. The maximum atomic E-state index is 5.26. The summed E-state index contributed by atoms with van der Waals surface area (Å²) in [7, 11) is 0. The van der Waals surface area contributed by atoms with E-state index in [0.29, 0.717) is 6.04 Å². The lowest BCUT2D eigenvalue weighted by molar-refractivity contribution is 0.543. The van der Waals surface area contributed by atoms with Crippen LogP contribution < -0.4 is 5.32 Å². The van der Waals surface area contributed by atoms with Crippen LogP contribution in [-0.4, -0.2) is 16.0 Å². The maximum Gasteiger partial charge on any atom is 0.124 e. The summed E-state index contributed by atoms with van der Waals surface area (Å²) >= 11 is 0. The van der Waals surface area contributed by atoms with E-state index in [1.165, 1.54) is 12.8 Å². The third-order valence-electron chi connectivity index (χ3n) is 2.96. The number of hydrogen-bond acceptors (Lipinski definition) is 2. The van der Waals surface area contributed by atoms with Gasteiger partial charge in [0, 0.05) is 6.04 Å². The molecule has 0 bridgehead atoms. The van der Waals surface area contributed by atoms with Gasteiger partial charge in [-0.3, -0.25) is 0 Å². The van der Waals surface area contributed by atoms with Crippen molar-refractivity contribution in [2.24, 2.45) is 5.92 Å². The maximum absolute atomic E-state index is 5.26. The van der Waals surface area contributed by atoms with Gasteiger partial charge in [0.05, 0.1) is 12.2 Å². The van der Waals surface area contributed by atoms with Crippen LogP contribution in [-0.2, 0) is 0 Å². The molecule has 0 amide bonds. The number of hydrogen-bond donors (Lipinski definition) is 2. The molecule has 2 N–H and O–H groups in total. The molecule has 2 aliphatic rings.